The number of aryl methyl sites for hydroxylation is 2. The molecular formula is C31H36ClNO5. The van der Waals surface area contributed by atoms with Gasteiger partial charge in [-0.2, -0.15) is 0 Å². The number of hydrogen-bond donors (Lipinski definition) is 1. The van der Waals surface area contributed by atoms with Gasteiger partial charge < -0.3 is 19.2 Å². The summed E-state index contributed by atoms with van der Waals surface area (Å²) < 4.78 is 11.8. The fourth-order valence-corrected chi connectivity index (χ4v) is 6.61. The van der Waals surface area contributed by atoms with E-state index in [0.29, 0.717) is 34.9 Å². The Morgan fingerprint density at radius 3 is 2.71 bits per heavy atom. The Balaban J connectivity index is 1.45. The minimum Gasteiger partial charge on any atom is -0.480 e. The average molecular weight is 538 g/mol. The zero-order valence-electron chi connectivity index (χ0n) is 22.3. The van der Waals surface area contributed by atoms with Gasteiger partial charge in [-0.05, 0) is 74.9 Å². The van der Waals surface area contributed by atoms with E-state index in [0.717, 1.165) is 55.0 Å². The highest BCUT2D eigenvalue weighted by Gasteiger charge is 2.50. The van der Waals surface area contributed by atoms with Gasteiger partial charge in [-0.25, -0.2) is 4.79 Å². The fourth-order valence-electron chi connectivity index (χ4n) is 6.49. The van der Waals surface area contributed by atoms with E-state index in [2.05, 4.69) is 6.92 Å². The molecule has 7 heteroatoms. The molecule has 3 aromatic rings. The number of aliphatic hydroxyl groups is 1. The molecule has 1 aliphatic heterocycles. The molecule has 1 aromatic heterocycles. The molecule has 6 nitrogen and oxygen atoms in total. The van der Waals surface area contributed by atoms with Crippen LogP contribution >= 0.6 is 11.6 Å². The Morgan fingerprint density at radius 1 is 1.21 bits per heavy atom. The summed E-state index contributed by atoms with van der Waals surface area (Å²) in [5.41, 5.74) is 1.98. The lowest BCUT2D eigenvalue weighted by Gasteiger charge is -2.53. The highest BCUT2D eigenvalue weighted by Crippen LogP contribution is 2.49. The second-order valence-corrected chi connectivity index (χ2v) is 11.3. The van der Waals surface area contributed by atoms with Gasteiger partial charge in [0.1, 0.15) is 11.3 Å². The van der Waals surface area contributed by atoms with Crippen molar-refractivity contribution in [3.8, 4) is 5.75 Å². The van der Waals surface area contributed by atoms with Gasteiger partial charge in [0.05, 0.1) is 11.6 Å². The highest BCUT2D eigenvalue weighted by atomic mass is 35.5. The van der Waals surface area contributed by atoms with Gasteiger partial charge in [0.25, 0.3) is 5.91 Å². The van der Waals surface area contributed by atoms with E-state index in [1.807, 2.05) is 48.2 Å². The van der Waals surface area contributed by atoms with Crippen molar-refractivity contribution in [2.45, 2.75) is 83.5 Å². The van der Waals surface area contributed by atoms with E-state index in [4.69, 9.17) is 20.8 Å². The number of benzene rings is 2. The molecule has 4 atom stereocenters. The standard InChI is InChI=1S/C31H36ClNO5/c1-4-7-22-18-27(34)38-29-19(2)26(14-13-24(22)29)37-20(3)30(35)33-17-16-31(36)15-6-5-8-25(31)28(33)21-9-11-23(32)12-10-21/h9-14,18,20,25,28,36H,4-8,15-17H2,1-3H3/t20-,25-,28-,31-/m0/s1. The monoisotopic (exact) mass is 537 g/mol. The number of piperidine rings is 1. The van der Waals surface area contributed by atoms with Crippen molar-refractivity contribution in [2.75, 3.05) is 6.54 Å². The van der Waals surface area contributed by atoms with Crippen molar-refractivity contribution in [3.63, 3.8) is 0 Å². The van der Waals surface area contributed by atoms with Crippen LogP contribution in [-0.2, 0) is 11.2 Å². The van der Waals surface area contributed by atoms with Crippen LogP contribution in [0.15, 0.2) is 51.7 Å². The Bertz CT molecular complexity index is 1380. The number of carbonyl (C=O) groups is 1. The Kier molecular flexibility index (Phi) is 7.56. The number of amides is 1. The lowest BCUT2D eigenvalue weighted by molar-refractivity contribution is -0.161. The average Bonchev–Trinajstić information content (AvgIpc) is 2.90. The smallest absolute Gasteiger partial charge is 0.336 e. The first-order valence-electron chi connectivity index (χ1n) is 13.7. The summed E-state index contributed by atoms with van der Waals surface area (Å²) >= 11 is 6.17. The largest absolute Gasteiger partial charge is 0.480 e. The summed E-state index contributed by atoms with van der Waals surface area (Å²) in [7, 11) is 0. The van der Waals surface area contributed by atoms with Crippen molar-refractivity contribution >= 4 is 28.5 Å². The van der Waals surface area contributed by atoms with Gasteiger partial charge in [0.2, 0.25) is 0 Å². The van der Waals surface area contributed by atoms with E-state index in [1.54, 1.807) is 13.0 Å². The van der Waals surface area contributed by atoms with Crippen molar-refractivity contribution in [1.29, 1.82) is 0 Å². The first kappa shape index (κ1) is 26.8. The molecular weight excluding hydrogens is 502 g/mol. The number of hydrogen-bond acceptors (Lipinski definition) is 5. The van der Waals surface area contributed by atoms with Gasteiger partial charge >= 0.3 is 5.63 Å². The van der Waals surface area contributed by atoms with Crippen LogP contribution in [0.25, 0.3) is 11.0 Å². The number of ether oxygens (including phenoxy) is 1. The number of fused-ring (bicyclic) bond motifs is 2. The molecule has 2 aliphatic rings. The molecule has 2 fully saturated rings. The van der Waals surface area contributed by atoms with E-state index in [9.17, 15) is 14.7 Å². The molecule has 1 saturated heterocycles. The molecule has 38 heavy (non-hydrogen) atoms. The van der Waals surface area contributed by atoms with Crippen molar-refractivity contribution < 1.29 is 19.1 Å². The van der Waals surface area contributed by atoms with Crippen LogP contribution in [0.4, 0.5) is 0 Å². The number of likely N-dealkylation sites (tertiary alicyclic amines) is 1. The first-order valence-corrected chi connectivity index (χ1v) is 14.1. The van der Waals surface area contributed by atoms with Crippen LogP contribution in [0.5, 0.6) is 5.75 Å². The number of nitrogens with zero attached hydrogens (tertiary/aromatic N) is 1. The summed E-state index contributed by atoms with van der Waals surface area (Å²) in [6, 6.07) is 12.7. The van der Waals surface area contributed by atoms with Gasteiger partial charge in [-0.1, -0.05) is 49.9 Å². The minimum absolute atomic E-state index is 0.0454. The predicted molar refractivity (Wildman–Crippen MR) is 149 cm³/mol. The maximum Gasteiger partial charge on any atom is 0.336 e. The van der Waals surface area contributed by atoms with E-state index >= 15 is 0 Å². The van der Waals surface area contributed by atoms with Crippen molar-refractivity contribution in [3.05, 3.63) is 74.6 Å². The van der Waals surface area contributed by atoms with Gasteiger partial charge in [-0.3, -0.25) is 4.79 Å². The molecule has 0 bridgehead atoms. The summed E-state index contributed by atoms with van der Waals surface area (Å²) in [5, 5.41) is 13.1. The van der Waals surface area contributed by atoms with Crippen LogP contribution in [0, 0.1) is 12.8 Å². The maximum atomic E-state index is 13.9. The quantitative estimate of drug-likeness (QED) is 0.369. The fraction of sp³-hybridized carbons (Fsp3) is 0.484. The molecule has 1 amide bonds. The van der Waals surface area contributed by atoms with Crippen LogP contribution in [0.1, 0.15) is 75.1 Å². The Labute approximate surface area is 228 Å². The molecule has 202 valence electrons. The second-order valence-electron chi connectivity index (χ2n) is 10.9. The number of rotatable bonds is 6. The number of carbonyl (C=O) groups excluding carboxylic acids is 1. The third kappa shape index (κ3) is 4.96. The maximum absolute atomic E-state index is 13.9. The van der Waals surface area contributed by atoms with E-state index in [1.165, 1.54) is 0 Å². The lowest BCUT2D eigenvalue weighted by Crippen LogP contribution is -2.58. The van der Waals surface area contributed by atoms with Crippen LogP contribution < -0.4 is 10.4 Å². The number of halogens is 1. The molecule has 1 saturated carbocycles. The lowest BCUT2D eigenvalue weighted by atomic mass is 9.66. The molecule has 1 aliphatic carbocycles. The van der Waals surface area contributed by atoms with E-state index in [-0.39, 0.29) is 23.5 Å². The van der Waals surface area contributed by atoms with E-state index < -0.39 is 11.7 Å². The molecule has 1 N–H and O–H groups in total. The third-order valence-electron chi connectivity index (χ3n) is 8.43. The predicted octanol–water partition coefficient (Wildman–Crippen LogP) is 6.37. The van der Waals surface area contributed by atoms with Crippen molar-refractivity contribution in [1.82, 2.24) is 4.90 Å². The molecule has 2 aromatic carbocycles. The van der Waals surface area contributed by atoms with Gasteiger partial charge in [-0.15, -0.1) is 0 Å². The summed E-state index contributed by atoms with van der Waals surface area (Å²) in [6.07, 6.45) is 5.16. The topological polar surface area (TPSA) is 80.0 Å². The van der Waals surface area contributed by atoms with Crippen LogP contribution in [0.3, 0.4) is 0 Å². The zero-order valence-corrected chi connectivity index (χ0v) is 23.1. The SMILES string of the molecule is CCCc1cc(=O)oc2c(C)c(O[C@@H](C)C(=O)N3CC[C@@]4(O)CCCC[C@H]4[C@@H]3c3ccc(Cl)cc3)ccc12. The Hall–Kier alpha value is -2.83. The van der Waals surface area contributed by atoms with Gasteiger partial charge in [0.15, 0.2) is 6.10 Å². The van der Waals surface area contributed by atoms with Crippen LogP contribution in [-0.4, -0.2) is 34.2 Å². The van der Waals surface area contributed by atoms with Crippen molar-refractivity contribution in [2.24, 2.45) is 5.92 Å². The molecule has 0 spiro atoms. The molecule has 0 unspecified atom stereocenters. The normalized spacial score (nSPS) is 24.2. The molecule has 0 radical (unpaired) electrons. The van der Waals surface area contributed by atoms with Crippen LogP contribution in [0.2, 0.25) is 5.02 Å². The third-order valence-corrected chi connectivity index (χ3v) is 8.68. The molecule has 2 heterocycles. The Morgan fingerprint density at radius 2 is 1.97 bits per heavy atom. The second kappa shape index (κ2) is 10.7. The zero-order chi connectivity index (χ0) is 27.0. The summed E-state index contributed by atoms with van der Waals surface area (Å²) in [4.78, 5) is 28.0. The highest BCUT2D eigenvalue weighted by molar-refractivity contribution is 6.30. The first-order chi connectivity index (χ1) is 18.2. The minimum atomic E-state index is -0.772. The summed E-state index contributed by atoms with van der Waals surface area (Å²) in [6.45, 7) is 6.15. The van der Waals surface area contributed by atoms with Gasteiger partial charge in [0, 0.05) is 34.5 Å². The summed E-state index contributed by atoms with van der Waals surface area (Å²) in [5.74, 6) is 0.346. The molecule has 5 rings (SSSR count).